The second-order valence-electron chi connectivity index (χ2n) is 14.2. The molecule has 0 saturated heterocycles. The Morgan fingerprint density at radius 1 is 0.650 bits per heavy atom. The molecule has 2 aliphatic rings. The number of rotatable bonds is 0. The first-order valence-electron chi connectivity index (χ1n) is 13.2. The summed E-state index contributed by atoms with van der Waals surface area (Å²) in [5.74, 6) is 0. The van der Waals surface area contributed by atoms with E-state index in [1.807, 2.05) is 12.2 Å². The van der Waals surface area contributed by atoms with Crippen molar-refractivity contribution in [2.24, 2.45) is 0 Å². The van der Waals surface area contributed by atoms with Gasteiger partial charge < -0.3 is 14.9 Å². The second-order valence-corrected chi connectivity index (χ2v) is 14.2. The van der Waals surface area contributed by atoms with Crippen molar-refractivity contribution in [3.8, 4) is 11.1 Å². The van der Waals surface area contributed by atoms with E-state index in [2.05, 4.69) is 126 Å². The van der Waals surface area contributed by atoms with Gasteiger partial charge in [0, 0.05) is 0 Å². The Labute approximate surface area is 278 Å². The van der Waals surface area contributed by atoms with Crippen molar-refractivity contribution < 1.29 is 23.3 Å². The van der Waals surface area contributed by atoms with E-state index >= 15 is 0 Å². The van der Waals surface area contributed by atoms with E-state index in [1.165, 1.54) is 67.8 Å². The molecule has 4 rings (SSSR count). The van der Waals surface area contributed by atoms with Crippen LogP contribution in [0.25, 0.3) is 11.1 Å². The molecule has 2 radical (unpaired) electrons. The van der Waals surface area contributed by atoms with E-state index in [-0.39, 0.29) is 61.3 Å². The Morgan fingerprint density at radius 2 is 1.10 bits per heavy atom. The first kappa shape index (κ1) is 44.0. The summed E-state index contributed by atoms with van der Waals surface area (Å²) in [5, 5.41) is 0. The van der Waals surface area contributed by atoms with Crippen LogP contribution in [0.2, 0.25) is 0 Å². The fourth-order valence-corrected chi connectivity index (χ4v) is 4.97. The normalized spacial score (nSPS) is 13.0. The molecule has 0 saturated carbocycles. The molecule has 0 atom stereocenters. The third-order valence-corrected chi connectivity index (χ3v) is 6.82. The fourth-order valence-electron chi connectivity index (χ4n) is 4.97. The predicted molar refractivity (Wildman–Crippen MR) is 183 cm³/mol. The summed E-state index contributed by atoms with van der Waals surface area (Å²) in [6.07, 6.45) is 11.0. The first-order chi connectivity index (χ1) is 16.4. The van der Waals surface area contributed by atoms with Crippen LogP contribution in [0.1, 0.15) is 123 Å². The molecule has 0 fully saturated rings. The van der Waals surface area contributed by atoms with Gasteiger partial charge in [0.1, 0.15) is 0 Å². The summed E-state index contributed by atoms with van der Waals surface area (Å²) in [7, 11) is 0. The van der Waals surface area contributed by atoms with Crippen molar-refractivity contribution in [2.75, 3.05) is 0 Å². The number of allylic oxidation sites excluding steroid dienone is 4. The molecule has 4 heteroatoms. The molecule has 0 nitrogen and oxygen atoms in total. The Morgan fingerprint density at radius 3 is 1.45 bits per heavy atom. The van der Waals surface area contributed by atoms with Gasteiger partial charge in [0.05, 0.1) is 0 Å². The zero-order valence-electron chi connectivity index (χ0n) is 27.7. The molecule has 2 aromatic carbocycles. The van der Waals surface area contributed by atoms with E-state index in [1.54, 1.807) is 0 Å². The summed E-state index contributed by atoms with van der Waals surface area (Å²) >= 11 is 1.36. The van der Waals surface area contributed by atoms with Crippen molar-refractivity contribution >= 4 is 31.7 Å². The van der Waals surface area contributed by atoms with Gasteiger partial charge >= 0.3 is 30.2 Å². The van der Waals surface area contributed by atoms with Crippen LogP contribution in [-0.2, 0) is 51.4 Å². The number of fused-ring (bicyclic) bond motifs is 3. The third-order valence-electron chi connectivity index (χ3n) is 6.82. The van der Waals surface area contributed by atoms with Crippen LogP contribution in [-0.4, -0.2) is 6.88 Å². The monoisotopic (exact) mass is 674 g/mol. The summed E-state index contributed by atoms with van der Waals surface area (Å²) in [4.78, 5) is 0. The van der Waals surface area contributed by atoms with Gasteiger partial charge in [0.25, 0.3) is 0 Å². The van der Waals surface area contributed by atoms with Gasteiger partial charge in [-0.25, -0.2) is 12.2 Å². The fraction of sp³-hybridized carbons (Fsp3) is 0.500. The van der Waals surface area contributed by atoms with Crippen molar-refractivity contribution in [3.05, 3.63) is 96.8 Å². The van der Waals surface area contributed by atoms with Gasteiger partial charge in [-0.15, -0.1) is 47.9 Å². The molecular formula is C36H54Cl2SiZr-4. The van der Waals surface area contributed by atoms with Crippen LogP contribution < -0.4 is 0 Å². The number of hydrogen-bond donors (Lipinski definition) is 0. The summed E-state index contributed by atoms with van der Waals surface area (Å²) < 4.78 is 0. The summed E-state index contributed by atoms with van der Waals surface area (Å²) in [6, 6.07) is 11.4. The quantitative estimate of drug-likeness (QED) is 0.164. The Hall–Kier alpha value is -0.400. The zero-order chi connectivity index (χ0) is 27.7. The molecule has 2 aliphatic carbocycles. The number of benzene rings is 2. The maximum absolute atomic E-state index is 3.90. The molecule has 0 bridgehead atoms. The van der Waals surface area contributed by atoms with E-state index in [0.29, 0.717) is 0 Å². The topological polar surface area (TPSA) is 0 Å². The molecular weight excluding hydrogens is 623 g/mol. The molecule has 0 amide bonds. The average molecular weight is 677 g/mol. The molecule has 224 valence electrons. The van der Waals surface area contributed by atoms with Crippen molar-refractivity contribution in [3.63, 3.8) is 0 Å². The maximum atomic E-state index is 3.90. The van der Waals surface area contributed by atoms with Crippen LogP contribution in [0.3, 0.4) is 0 Å². The zero-order valence-corrected chi connectivity index (χ0v) is 32.8. The second kappa shape index (κ2) is 16.4. The standard InChI is InChI=1S/C29H41.C5H5.2CH3.2ClH.Si.Zr/c1-26(2,3)22-14-18-13-19-15-23(27(4,5)6)25(29(10,11)12)17-21(19)20(18)16-24(22)28(7,8)9;1-2-4-5-3-1;;;;;;/h14,16-17H,13H2,1-12H3;1-3H,4H2;2*1H3;2*1H;;/q4*-1;;;;. The van der Waals surface area contributed by atoms with Crippen LogP contribution in [0, 0.1) is 27.0 Å². The molecule has 40 heavy (non-hydrogen) atoms. The minimum absolute atomic E-state index is 0. The van der Waals surface area contributed by atoms with E-state index in [9.17, 15) is 0 Å². The molecule has 0 aliphatic heterocycles. The van der Waals surface area contributed by atoms with Crippen molar-refractivity contribution in [1.29, 1.82) is 0 Å². The van der Waals surface area contributed by atoms with Crippen LogP contribution >= 0.6 is 24.8 Å². The third kappa shape index (κ3) is 10.7. The molecule has 2 aromatic rings. The van der Waals surface area contributed by atoms with Crippen LogP contribution in [0.15, 0.2) is 36.4 Å². The van der Waals surface area contributed by atoms with E-state index in [4.69, 9.17) is 0 Å². The Bertz CT molecular complexity index is 1060. The average Bonchev–Trinajstić information content (AvgIpc) is 3.42. The van der Waals surface area contributed by atoms with Gasteiger partial charge in [0.15, 0.2) is 0 Å². The predicted octanol–water partition coefficient (Wildman–Crippen LogP) is 10.9. The van der Waals surface area contributed by atoms with Gasteiger partial charge in [-0.1, -0.05) is 106 Å². The summed E-state index contributed by atoms with van der Waals surface area (Å²) in [5.41, 5.74) is 11.9. The van der Waals surface area contributed by atoms with Gasteiger partial charge in [-0.3, -0.25) is 6.08 Å². The first-order valence-corrected chi connectivity index (χ1v) is 17.3. The Kier molecular flexibility index (Phi) is 18.1. The van der Waals surface area contributed by atoms with Crippen molar-refractivity contribution in [1.82, 2.24) is 0 Å². The SMILES string of the molecule is CC(C)(C)c1[c-]c2c(cc1C(C)(C)C)-c1cc(C(C)(C)C)c(C(C)(C)C)cc1C2.Cl.Cl.[C-]1=CC=CC1.[CH3-].[CH3-].[Si]=[Zr]. The van der Waals surface area contributed by atoms with Gasteiger partial charge in [0.2, 0.25) is 0 Å². The van der Waals surface area contributed by atoms with Crippen LogP contribution in [0.5, 0.6) is 0 Å². The Balaban J connectivity index is -0.00000111. The molecule has 0 unspecified atom stereocenters. The molecule has 0 spiro atoms. The molecule has 0 N–H and O–H groups in total. The number of hydrogen-bond acceptors (Lipinski definition) is 0. The van der Waals surface area contributed by atoms with E-state index in [0.717, 1.165) is 12.8 Å². The van der Waals surface area contributed by atoms with Crippen LogP contribution in [0.4, 0.5) is 0 Å². The van der Waals surface area contributed by atoms with E-state index < -0.39 is 0 Å². The molecule has 0 heterocycles. The minimum atomic E-state index is 0. The number of halogens is 2. The van der Waals surface area contributed by atoms with Gasteiger partial charge in [-0.05, 0) is 39.4 Å². The van der Waals surface area contributed by atoms with Gasteiger partial charge in [-0.2, -0.15) is 23.8 Å². The van der Waals surface area contributed by atoms with Crippen molar-refractivity contribution in [2.45, 2.75) is 118 Å². The summed E-state index contributed by atoms with van der Waals surface area (Å²) in [6.45, 7) is 31.1. The molecule has 0 aromatic heterocycles.